The van der Waals surface area contributed by atoms with Crippen LogP contribution in [0.4, 0.5) is 5.69 Å². The fourth-order valence-electron chi connectivity index (χ4n) is 1.42. The first-order valence-electron chi connectivity index (χ1n) is 4.35. The van der Waals surface area contributed by atoms with E-state index in [0.717, 1.165) is 17.6 Å². The minimum atomic E-state index is 0.598. The van der Waals surface area contributed by atoms with Crippen molar-refractivity contribution in [3.63, 3.8) is 0 Å². The molecule has 0 amide bonds. The molecule has 0 radical (unpaired) electrons. The van der Waals surface area contributed by atoms with Crippen molar-refractivity contribution in [3.05, 3.63) is 35.0 Å². The van der Waals surface area contributed by atoms with Gasteiger partial charge in [-0.15, -0.1) is 0 Å². The maximum atomic E-state index is 8.28. The molecular formula is C9H9N5. The van der Waals surface area contributed by atoms with Crippen LogP contribution in [0, 0.1) is 0 Å². The van der Waals surface area contributed by atoms with E-state index in [1.807, 2.05) is 10.6 Å². The largest absolute Gasteiger partial charge is 0.331 e. The van der Waals surface area contributed by atoms with Gasteiger partial charge in [0.15, 0.2) is 0 Å². The average Bonchev–Trinajstić information content (AvgIpc) is 2.60. The van der Waals surface area contributed by atoms with Crippen molar-refractivity contribution < 1.29 is 0 Å². The molecule has 2 aromatic rings. The molecule has 0 N–H and O–H groups in total. The summed E-state index contributed by atoms with van der Waals surface area (Å²) in [5.74, 6) is 0. The third-order valence-electron chi connectivity index (χ3n) is 2.11. The molecular weight excluding hydrogens is 178 g/mol. The van der Waals surface area contributed by atoms with Gasteiger partial charge in [0.25, 0.3) is 0 Å². The van der Waals surface area contributed by atoms with Crippen LogP contribution in [0.1, 0.15) is 6.92 Å². The molecule has 2 rings (SSSR count). The van der Waals surface area contributed by atoms with E-state index in [2.05, 4.69) is 21.9 Å². The van der Waals surface area contributed by atoms with E-state index in [1.54, 1.807) is 18.5 Å². The maximum absolute atomic E-state index is 8.28. The predicted molar refractivity (Wildman–Crippen MR) is 54.2 cm³/mol. The lowest BCUT2D eigenvalue weighted by Gasteiger charge is -1.97. The fraction of sp³-hybridized carbons (Fsp3) is 0.222. The van der Waals surface area contributed by atoms with Gasteiger partial charge < -0.3 is 4.57 Å². The van der Waals surface area contributed by atoms with Crippen LogP contribution in [0.15, 0.2) is 29.6 Å². The molecule has 0 spiro atoms. The summed E-state index contributed by atoms with van der Waals surface area (Å²) in [5, 5.41) is 3.52. The average molecular weight is 187 g/mol. The molecule has 0 bridgehead atoms. The zero-order valence-electron chi connectivity index (χ0n) is 7.75. The van der Waals surface area contributed by atoms with Crippen LogP contribution in [0.5, 0.6) is 0 Å². The molecule has 1 heterocycles. The summed E-state index contributed by atoms with van der Waals surface area (Å²) in [6.45, 7) is 2.94. The van der Waals surface area contributed by atoms with Crippen molar-refractivity contribution in [3.8, 4) is 0 Å². The number of hydrogen-bond acceptors (Lipinski definition) is 2. The molecule has 0 saturated carbocycles. The number of aromatic nitrogens is 2. The second-order valence-electron chi connectivity index (χ2n) is 2.89. The number of hydrogen-bond donors (Lipinski definition) is 0. The standard InChI is InChI=1S/C9H9N5/c1-2-14-6-11-8-5-7(12-13-10)3-4-9(8)14/h3-6H,2H2,1H3. The summed E-state index contributed by atoms with van der Waals surface area (Å²) in [7, 11) is 0. The molecule has 14 heavy (non-hydrogen) atoms. The molecule has 0 aliphatic heterocycles. The SMILES string of the molecule is CCn1cnc2cc(N=[N+]=[N-])ccc21. The van der Waals surface area contributed by atoms with E-state index in [0.29, 0.717) is 5.69 Å². The van der Waals surface area contributed by atoms with Gasteiger partial charge in [0.1, 0.15) is 0 Å². The van der Waals surface area contributed by atoms with Crippen molar-refractivity contribution in [1.82, 2.24) is 9.55 Å². The Bertz CT molecular complexity index is 507. The van der Waals surface area contributed by atoms with Crippen LogP contribution in [-0.4, -0.2) is 9.55 Å². The molecule has 70 valence electrons. The summed E-state index contributed by atoms with van der Waals surface area (Å²) >= 11 is 0. The molecule has 0 saturated heterocycles. The Balaban J connectivity index is 2.62. The first-order valence-corrected chi connectivity index (χ1v) is 4.35. The molecule has 0 fully saturated rings. The lowest BCUT2D eigenvalue weighted by atomic mass is 10.3. The van der Waals surface area contributed by atoms with Gasteiger partial charge in [0, 0.05) is 17.1 Å². The van der Waals surface area contributed by atoms with E-state index >= 15 is 0 Å². The molecule has 0 aliphatic carbocycles. The van der Waals surface area contributed by atoms with E-state index < -0.39 is 0 Å². The van der Waals surface area contributed by atoms with E-state index in [9.17, 15) is 0 Å². The van der Waals surface area contributed by atoms with Crippen molar-refractivity contribution in [2.24, 2.45) is 5.11 Å². The maximum Gasteiger partial charge on any atom is 0.0958 e. The molecule has 5 nitrogen and oxygen atoms in total. The highest BCUT2D eigenvalue weighted by Gasteiger charge is 2.00. The monoisotopic (exact) mass is 187 g/mol. The van der Waals surface area contributed by atoms with Crippen LogP contribution in [0.25, 0.3) is 21.5 Å². The van der Waals surface area contributed by atoms with E-state index in [-0.39, 0.29) is 0 Å². The topological polar surface area (TPSA) is 66.6 Å². The highest BCUT2D eigenvalue weighted by atomic mass is 15.1. The molecule has 0 atom stereocenters. The Morgan fingerprint density at radius 1 is 1.57 bits per heavy atom. The molecule has 0 aliphatic rings. The number of benzene rings is 1. The quantitative estimate of drug-likeness (QED) is 0.404. The van der Waals surface area contributed by atoms with E-state index in [1.165, 1.54) is 0 Å². The normalized spacial score (nSPS) is 10.1. The Morgan fingerprint density at radius 2 is 2.43 bits per heavy atom. The summed E-state index contributed by atoms with van der Waals surface area (Å²) in [4.78, 5) is 6.94. The van der Waals surface area contributed by atoms with Crippen LogP contribution in [-0.2, 0) is 6.54 Å². The van der Waals surface area contributed by atoms with Crippen LogP contribution >= 0.6 is 0 Å². The van der Waals surface area contributed by atoms with Crippen molar-refractivity contribution in [2.45, 2.75) is 13.5 Å². The summed E-state index contributed by atoms with van der Waals surface area (Å²) < 4.78 is 2.04. The summed E-state index contributed by atoms with van der Waals surface area (Å²) in [5.41, 5.74) is 10.8. The fourth-order valence-corrected chi connectivity index (χ4v) is 1.42. The number of fused-ring (bicyclic) bond motifs is 1. The van der Waals surface area contributed by atoms with Gasteiger partial charge in [-0.05, 0) is 24.6 Å². The minimum absolute atomic E-state index is 0.598. The first-order chi connectivity index (χ1) is 6.85. The van der Waals surface area contributed by atoms with Gasteiger partial charge in [-0.1, -0.05) is 11.2 Å². The van der Waals surface area contributed by atoms with Crippen LogP contribution in [0.3, 0.4) is 0 Å². The van der Waals surface area contributed by atoms with Crippen molar-refractivity contribution in [2.75, 3.05) is 0 Å². The predicted octanol–water partition coefficient (Wildman–Crippen LogP) is 3.00. The van der Waals surface area contributed by atoms with E-state index in [4.69, 9.17) is 5.53 Å². The number of nitrogens with zero attached hydrogens (tertiary/aromatic N) is 5. The second kappa shape index (κ2) is 3.40. The lowest BCUT2D eigenvalue weighted by molar-refractivity contribution is 0.787. The molecule has 5 heteroatoms. The zero-order chi connectivity index (χ0) is 9.97. The van der Waals surface area contributed by atoms with Gasteiger partial charge in [-0.25, -0.2) is 4.98 Å². The Hall–Kier alpha value is -2.00. The van der Waals surface area contributed by atoms with Gasteiger partial charge in [0.05, 0.1) is 17.4 Å². The highest BCUT2D eigenvalue weighted by Crippen LogP contribution is 2.20. The molecule has 1 aromatic heterocycles. The zero-order valence-corrected chi connectivity index (χ0v) is 7.75. The first kappa shape index (κ1) is 8.59. The number of azide groups is 1. The molecule has 1 aromatic carbocycles. The minimum Gasteiger partial charge on any atom is -0.331 e. The number of imidazole rings is 1. The number of rotatable bonds is 2. The van der Waals surface area contributed by atoms with Crippen molar-refractivity contribution >= 4 is 16.7 Å². The highest BCUT2D eigenvalue weighted by molar-refractivity contribution is 5.78. The van der Waals surface area contributed by atoms with Crippen LogP contribution in [0.2, 0.25) is 0 Å². The smallest absolute Gasteiger partial charge is 0.0958 e. The van der Waals surface area contributed by atoms with Gasteiger partial charge >= 0.3 is 0 Å². The number of aryl methyl sites for hydroxylation is 1. The van der Waals surface area contributed by atoms with Crippen LogP contribution < -0.4 is 0 Å². The Labute approximate surface area is 80.6 Å². The summed E-state index contributed by atoms with van der Waals surface area (Å²) in [6.07, 6.45) is 1.78. The molecule has 0 unspecified atom stereocenters. The van der Waals surface area contributed by atoms with Gasteiger partial charge in [-0.2, -0.15) is 0 Å². The van der Waals surface area contributed by atoms with Gasteiger partial charge in [0.2, 0.25) is 0 Å². The van der Waals surface area contributed by atoms with Crippen molar-refractivity contribution in [1.29, 1.82) is 0 Å². The Kier molecular flexibility index (Phi) is 2.08. The third kappa shape index (κ3) is 1.30. The lowest BCUT2D eigenvalue weighted by Crippen LogP contribution is -1.89. The third-order valence-corrected chi connectivity index (χ3v) is 2.11. The van der Waals surface area contributed by atoms with Gasteiger partial charge in [-0.3, -0.25) is 0 Å². The Morgan fingerprint density at radius 3 is 3.14 bits per heavy atom. The second-order valence-corrected chi connectivity index (χ2v) is 2.89. The summed E-state index contributed by atoms with van der Waals surface area (Å²) in [6, 6.07) is 5.48.